The van der Waals surface area contributed by atoms with Gasteiger partial charge in [0.1, 0.15) is 5.69 Å². The Morgan fingerprint density at radius 2 is 0.875 bits per heavy atom. The van der Waals surface area contributed by atoms with Crippen LogP contribution in [0.3, 0.4) is 0 Å². The number of hydrogen-bond acceptors (Lipinski definition) is 2. The fourth-order valence-corrected chi connectivity index (χ4v) is 7.95. The number of rotatable bonds is 8. The Morgan fingerprint density at radius 3 is 1.52 bits per heavy atom. The van der Waals surface area contributed by atoms with Gasteiger partial charge in [-0.2, -0.15) is 5.10 Å². The molecular weight excluding hydrogens is 679 g/mol. The molecular formula is C53H37N3. The number of fused-ring (bicyclic) bond motifs is 3. The summed E-state index contributed by atoms with van der Waals surface area (Å²) in [6.07, 6.45) is 0. The van der Waals surface area contributed by atoms with Crippen molar-refractivity contribution in [2.75, 3.05) is 4.90 Å². The summed E-state index contributed by atoms with van der Waals surface area (Å²) in [5.41, 5.74) is 15.4. The number of aromatic nitrogens is 2. The molecule has 0 N–H and O–H groups in total. The van der Waals surface area contributed by atoms with E-state index < -0.39 is 0 Å². The molecule has 0 aliphatic heterocycles. The SMILES string of the molecule is c1ccc(-c2ccc(N(c3ccc4cc(-c5ccccc5)n5nc(-c6ccccc6)c(-c6ccccc6)c5c4c3)c3ccccc3-c3ccccc3)cc2)cc1. The first-order valence-electron chi connectivity index (χ1n) is 19.1. The molecule has 0 bridgehead atoms. The first-order valence-corrected chi connectivity index (χ1v) is 19.1. The molecule has 0 saturated heterocycles. The molecule has 3 heteroatoms. The summed E-state index contributed by atoms with van der Waals surface area (Å²) < 4.78 is 2.17. The standard InChI is InChI=1S/C53H37N3/c1-6-18-38(19-7-1)39-30-33-45(34-31-39)55(49-29-17-16-28-47(49)40-20-8-2-9-21-40)46-35-32-44-36-50(41-22-10-3-11-23-41)56-53(48(44)37-46)51(42-24-12-4-13-25-42)52(54-56)43-26-14-5-15-27-43/h1-37H. The largest absolute Gasteiger partial charge is 0.310 e. The van der Waals surface area contributed by atoms with Crippen molar-refractivity contribution in [2.24, 2.45) is 0 Å². The van der Waals surface area contributed by atoms with Crippen LogP contribution in [0.4, 0.5) is 17.1 Å². The summed E-state index contributed by atoms with van der Waals surface area (Å²) in [6.45, 7) is 0. The number of nitrogens with zero attached hydrogens (tertiary/aromatic N) is 3. The molecule has 264 valence electrons. The highest BCUT2D eigenvalue weighted by atomic mass is 15.2. The van der Waals surface area contributed by atoms with E-state index in [1.807, 2.05) is 0 Å². The number of hydrogen-bond donors (Lipinski definition) is 0. The lowest BCUT2D eigenvalue weighted by atomic mass is 9.96. The van der Waals surface area contributed by atoms with Crippen molar-refractivity contribution in [3.63, 3.8) is 0 Å². The zero-order valence-electron chi connectivity index (χ0n) is 30.7. The normalized spacial score (nSPS) is 11.2. The third kappa shape index (κ3) is 6.02. The van der Waals surface area contributed by atoms with Crippen molar-refractivity contribution < 1.29 is 0 Å². The van der Waals surface area contributed by atoms with Crippen molar-refractivity contribution >= 4 is 33.4 Å². The molecule has 56 heavy (non-hydrogen) atoms. The van der Waals surface area contributed by atoms with Crippen molar-refractivity contribution in [3.8, 4) is 55.9 Å². The topological polar surface area (TPSA) is 20.5 Å². The molecule has 2 heterocycles. The van der Waals surface area contributed by atoms with Crippen LogP contribution in [0.2, 0.25) is 0 Å². The van der Waals surface area contributed by atoms with Gasteiger partial charge in [0, 0.05) is 39.0 Å². The van der Waals surface area contributed by atoms with E-state index in [1.54, 1.807) is 0 Å². The van der Waals surface area contributed by atoms with E-state index in [0.717, 1.165) is 72.6 Å². The smallest absolute Gasteiger partial charge is 0.101 e. The van der Waals surface area contributed by atoms with Gasteiger partial charge < -0.3 is 4.90 Å². The van der Waals surface area contributed by atoms with Crippen LogP contribution in [0.15, 0.2) is 224 Å². The average molecular weight is 716 g/mol. The van der Waals surface area contributed by atoms with Gasteiger partial charge in [0.05, 0.1) is 16.9 Å². The maximum atomic E-state index is 5.47. The molecule has 0 amide bonds. The van der Waals surface area contributed by atoms with Crippen LogP contribution in [0.1, 0.15) is 0 Å². The lowest BCUT2D eigenvalue weighted by Gasteiger charge is -2.28. The van der Waals surface area contributed by atoms with Crippen LogP contribution in [-0.4, -0.2) is 9.61 Å². The number of pyridine rings is 1. The van der Waals surface area contributed by atoms with Crippen LogP contribution in [0, 0.1) is 0 Å². The summed E-state index contributed by atoms with van der Waals surface area (Å²) in [6, 6.07) is 79.9. The third-order valence-electron chi connectivity index (χ3n) is 10.6. The van der Waals surface area contributed by atoms with Gasteiger partial charge in [-0.15, -0.1) is 0 Å². The minimum Gasteiger partial charge on any atom is -0.310 e. The van der Waals surface area contributed by atoms with Gasteiger partial charge in [0.25, 0.3) is 0 Å². The summed E-state index contributed by atoms with van der Waals surface area (Å²) in [5, 5.41) is 7.74. The lowest BCUT2D eigenvalue weighted by Crippen LogP contribution is -2.11. The number of benzene rings is 8. The van der Waals surface area contributed by atoms with Crippen molar-refractivity contribution in [2.45, 2.75) is 0 Å². The van der Waals surface area contributed by atoms with Gasteiger partial charge >= 0.3 is 0 Å². The zero-order chi connectivity index (χ0) is 37.3. The van der Waals surface area contributed by atoms with Crippen LogP contribution in [0.25, 0.3) is 72.2 Å². The molecule has 0 aliphatic rings. The molecule has 0 aliphatic carbocycles. The van der Waals surface area contributed by atoms with Crippen LogP contribution in [-0.2, 0) is 0 Å². The molecule has 0 saturated carbocycles. The van der Waals surface area contributed by atoms with Crippen LogP contribution >= 0.6 is 0 Å². The monoisotopic (exact) mass is 715 g/mol. The Kier molecular flexibility index (Phi) is 8.51. The van der Waals surface area contributed by atoms with E-state index in [4.69, 9.17) is 5.10 Å². The summed E-state index contributed by atoms with van der Waals surface area (Å²) >= 11 is 0. The highest BCUT2D eigenvalue weighted by molar-refractivity contribution is 6.10. The number of anilines is 3. The van der Waals surface area contributed by atoms with Gasteiger partial charge in [-0.3, -0.25) is 0 Å². The van der Waals surface area contributed by atoms with Gasteiger partial charge in [-0.1, -0.05) is 188 Å². The molecule has 0 atom stereocenters. The highest BCUT2D eigenvalue weighted by Gasteiger charge is 2.23. The summed E-state index contributed by atoms with van der Waals surface area (Å²) in [5.74, 6) is 0. The Labute approximate surface area is 327 Å². The van der Waals surface area contributed by atoms with Gasteiger partial charge in [0.2, 0.25) is 0 Å². The van der Waals surface area contributed by atoms with Crippen molar-refractivity contribution in [1.29, 1.82) is 0 Å². The fraction of sp³-hybridized carbons (Fsp3) is 0. The first-order chi connectivity index (χ1) is 27.8. The Hall–Kier alpha value is -7.49. The van der Waals surface area contributed by atoms with Gasteiger partial charge in [0.15, 0.2) is 0 Å². The van der Waals surface area contributed by atoms with Gasteiger partial charge in [-0.05, 0) is 64.0 Å². The average Bonchev–Trinajstić information content (AvgIpc) is 3.69. The van der Waals surface area contributed by atoms with E-state index in [-0.39, 0.29) is 0 Å². The lowest BCUT2D eigenvalue weighted by molar-refractivity contribution is 0.979. The van der Waals surface area contributed by atoms with Crippen LogP contribution < -0.4 is 4.90 Å². The molecule has 0 unspecified atom stereocenters. The van der Waals surface area contributed by atoms with Crippen molar-refractivity contribution in [3.05, 3.63) is 224 Å². The first kappa shape index (κ1) is 33.1. The summed E-state index contributed by atoms with van der Waals surface area (Å²) in [7, 11) is 0. The Balaban J connectivity index is 1.27. The van der Waals surface area contributed by atoms with E-state index in [9.17, 15) is 0 Å². The van der Waals surface area contributed by atoms with E-state index >= 15 is 0 Å². The Morgan fingerprint density at radius 1 is 0.375 bits per heavy atom. The highest BCUT2D eigenvalue weighted by Crippen LogP contribution is 2.45. The minimum atomic E-state index is 0.953. The molecule has 10 rings (SSSR count). The molecule has 10 aromatic rings. The maximum absolute atomic E-state index is 5.47. The predicted molar refractivity (Wildman–Crippen MR) is 235 cm³/mol. The fourth-order valence-electron chi connectivity index (χ4n) is 7.95. The molecule has 8 aromatic carbocycles. The second kappa shape index (κ2) is 14.4. The van der Waals surface area contributed by atoms with E-state index in [0.29, 0.717) is 0 Å². The quantitative estimate of drug-likeness (QED) is 0.156. The Bertz CT molecular complexity index is 2920. The molecule has 3 nitrogen and oxygen atoms in total. The van der Waals surface area contributed by atoms with Crippen LogP contribution in [0.5, 0.6) is 0 Å². The van der Waals surface area contributed by atoms with E-state index in [2.05, 4.69) is 234 Å². The molecule has 2 aromatic heterocycles. The molecule has 0 spiro atoms. The minimum absolute atomic E-state index is 0.953. The van der Waals surface area contributed by atoms with E-state index in [1.165, 1.54) is 16.7 Å². The second-order valence-corrected chi connectivity index (χ2v) is 14.0. The van der Waals surface area contributed by atoms with Gasteiger partial charge in [-0.25, -0.2) is 4.52 Å². The molecule has 0 radical (unpaired) electrons. The third-order valence-corrected chi connectivity index (χ3v) is 10.6. The zero-order valence-corrected chi connectivity index (χ0v) is 30.7. The second-order valence-electron chi connectivity index (χ2n) is 14.0. The van der Waals surface area contributed by atoms with Crippen molar-refractivity contribution in [1.82, 2.24) is 9.61 Å². The number of para-hydroxylation sites is 1. The molecule has 0 fully saturated rings. The maximum Gasteiger partial charge on any atom is 0.101 e. The predicted octanol–water partition coefficient (Wildman–Crippen LogP) is 14.3. The summed E-state index contributed by atoms with van der Waals surface area (Å²) in [4.78, 5) is 2.40.